The van der Waals surface area contributed by atoms with Crippen LogP contribution in [0.25, 0.3) is 10.9 Å². The van der Waals surface area contributed by atoms with Gasteiger partial charge in [-0.05, 0) is 24.2 Å². The van der Waals surface area contributed by atoms with Crippen molar-refractivity contribution in [1.82, 2.24) is 19.9 Å². The van der Waals surface area contributed by atoms with E-state index < -0.39 is 0 Å². The number of aryl methyl sites for hydroxylation is 1. The van der Waals surface area contributed by atoms with Crippen LogP contribution in [-0.2, 0) is 7.05 Å². The highest BCUT2D eigenvalue weighted by molar-refractivity contribution is 5.78. The normalized spacial score (nSPS) is 12.7. The molecule has 0 aliphatic carbocycles. The molecule has 0 aliphatic heterocycles. The van der Waals surface area contributed by atoms with Gasteiger partial charge in [-0.15, -0.1) is 0 Å². The quantitative estimate of drug-likeness (QED) is 0.789. The Morgan fingerprint density at radius 1 is 1.25 bits per heavy atom. The molecule has 0 bridgehead atoms. The van der Waals surface area contributed by atoms with Crippen molar-refractivity contribution in [2.24, 2.45) is 7.05 Å². The molecule has 3 aromatic rings. The van der Waals surface area contributed by atoms with E-state index in [4.69, 9.17) is 0 Å². The van der Waals surface area contributed by atoms with Gasteiger partial charge < -0.3 is 9.88 Å². The van der Waals surface area contributed by atoms with E-state index in [-0.39, 0.29) is 6.04 Å². The molecule has 0 radical (unpaired) electrons. The molecule has 1 atom stereocenters. The van der Waals surface area contributed by atoms with Crippen LogP contribution in [0.3, 0.4) is 0 Å². The zero-order valence-corrected chi connectivity index (χ0v) is 11.7. The number of hydrogen-bond donors (Lipinski definition) is 1. The van der Waals surface area contributed by atoms with Crippen molar-refractivity contribution in [3.63, 3.8) is 0 Å². The molecule has 0 aliphatic rings. The minimum absolute atomic E-state index is 0.115. The van der Waals surface area contributed by atoms with Gasteiger partial charge in [-0.1, -0.05) is 25.1 Å². The molecule has 1 aromatic carbocycles. The van der Waals surface area contributed by atoms with Crippen molar-refractivity contribution in [3.05, 3.63) is 60.3 Å². The molecular formula is C16H18N4. The number of para-hydroxylation sites is 1. The van der Waals surface area contributed by atoms with Crippen LogP contribution in [0.4, 0.5) is 0 Å². The summed E-state index contributed by atoms with van der Waals surface area (Å²) >= 11 is 0. The molecule has 1 unspecified atom stereocenters. The van der Waals surface area contributed by atoms with E-state index >= 15 is 0 Å². The van der Waals surface area contributed by atoms with E-state index in [9.17, 15) is 0 Å². The van der Waals surface area contributed by atoms with Crippen LogP contribution in [0.1, 0.15) is 24.2 Å². The Hall–Kier alpha value is -2.20. The highest BCUT2D eigenvalue weighted by Crippen LogP contribution is 2.23. The van der Waals surface area contributed by atoms with Crippen LogP contribution in [0.15, 0.2) is 49.1 Å². The number of imidazole rings is 1. The Morgan fingerprint density at radius 2 is 2.10 bits per heavy atom. The summed E-state index contributed by atoms with van der Waals surface area (Å²) in [4.78, 5) is 8.77. The summed E-state index contributed by atoms with van der Waals surface area (Å²) in [6.45, 7) is 3.00. The third kappa shape index (κ3) is 2.30. The van der Waals surface area contributed by atoms with E-state index in [2.05, 4.69) is 34.3 Å². The van der Waals surface area contributed by atoms with Gasteiger partial charge in [-0.25, -0.2) is 4.98 Å². The first-order valence-corrected chi connectivity index (χ1v) is 6.84. The molecule has 102 valence electrons. The second-order valence-electron chi connectivity index (χ2n) is 4.88. The average molecular weight is 266 g/mol. The molecule has 1 N–H and O–H groups in total. The maximum absolute atomic E-state index is 4.55. The summed E-state index contributed by atoms with van der Waals surface area (Å²) in [7, 11) is 2.02. The van der Waals surface area contributed by atoms with Gasteiger partial charge in [0.25, 0.3) is 0 Å². The van der Waals surface area contributed by atoms with E-state index in [1.807, 2.05) is 48.5 Å². The predicted molar refractivity (Wildman–Crippen MR) is 80.5 cm³/mol. The van der Waals surface area contributed by atoms with Crippen LogP contribution in [0.2, 0.25) is 0 Å². The zero-order valence-electron chi connectivity index (χ0n) is 11.7. The fraction of sp³-hybridized carbons (Fsp3) is 0.250. The van der Waals surface area contributed by atoms with Gasteiger partial charge in [0.2, 0.25) is 0 Å². The van der Waals surface area contributed by atoms with E-state index in [1.54, 1.807) is 0 Å². The third-order valence-electron chi connectivity index (χ3n) is 3.50. The number of nitrogens with one attached hydrogen (secondary N) is 1. The standard InChI is InChI=1S/C16H18N4/c1-3-18-16(15-10-17-11-20(15)2)13-8-12-6-4-5-7-14(12)19-9-13/h4-11,16,18H,3H2,1-2H3. The molecule has 2 aromatic heterocycles. The molecule has 2 heterocycles. The second-order valence-corrected chi connectivity index (χ2v) is 4.88. The van der Waals surface area contributed by atoms with Crippen LogP contribution in [-0.4, -0.2) is 21.1 Å². The molecule has 0 fully saturated rings. The minimum atomic E-state index is 0.115. The van der Waals surface area contributed by atoms with Gasteiger partial charge in [0.1, 0.15) is 0 Å². The molecule has 0 saturated heterocycles. The largest absolute Gasteiger partial charge is 0.336 e. The molecule has 0 amide bonds. The molecule has 4 nitrogen and oxygen atoms in total. The zero-order chi connectivity index (χ0) is 13.9. The number of pyridine rings is 1. The Morgan fingerprint density at radius 3 is 2.85 bits per heavy atom. The minimum Gasteiger partial charge on any atom is -0.336 e. The Bertz CT molecular complexity index is 717. The lowest BCUT2D eigenvalue weighted by molar-refractivity contribution is 0.593. The van der Waals surface area contributed by atoms with Crippen molar-refractivity contribution in [3.8, 4) is 0 Å². The van der Waals surface area contributed by atoms with Crippen molar-refractivity contribution >= 4 is 10.9 Å². The van der Waals surface area contributed by atoms with E-state index in [1.165, 1.54) is 0 Å². The van der Waals surface area contributed by atoms with Gasteiger partial charge in [0, 0.05) is 18.6 Å². The first-order chi connectivity index (χ1) is 9.79. The van der Waals surface area contributed by atoms with Gasteiger partial charge in [0.15, 0.2) is 0 Å². The summed E-state index contributed by atoms with van der Waals surface area (Å²) in [6.07, 6.45) is 5.68. The first-order valence-electron chi connectivity index (χ1n) is 6.84. The Balaban J connectivity index is 2.07. The maximum atomic E-state index is 4.55. The van der Waals surface area contributed by atoms with Crippen LogP contribution in [0.5, 0.6) is 0 Å². The van der Waals surface area contributed by atoms with Crippen molar-refractivity contribution in [1.29, 1.82) is 0 Å². The molecule has 3 rings (SSSR count). The smallest absolute Gasteiger partial charge is 0.0946 e. The fourth-order valence-corrected chi connectivity index (χ4v) is 2.49. The monoisotopic (exact) mass is 266 g/mol. The topological polar surface area (TPSA) is 42.7 Å². The second kappa shape index (κ2) is 5.43. The van der Waals surface area contributed by atoms with Crippen LogP contribution in [0, 0.1) is 0 Å². The lowest BCUT2D eigenvalue weighted by atomic mass is 10.0. The summed E-state index contributed by atoms with van der Waals surface area (Å²) in [6, 6.07) is 10.5. The van der Waals surface area contributed by atoms with Crippen molar-refractivity contribution < 1.29 is 0 Å². The fourth-order valence-electron chi connectivity index (χ4n) is 2.49. The van der Waals surface area contributed by atoms with Crippen molar-refractivity contribution in [2.75, 3.05) is 6.54 Å². The SMILES string of the molecule is CCNC(c1cnc2ccccc2c1)c1cncn1C. The number of benzene rings is 1. The van der Waals surface area contributed by atoms with Gasteiger partial charge in [0.05, 0.1) is 29.8 Å². The lowest BCUT2D eigenvalue weighted by Gasteiger charge is -2.19. The molecule has 0 spiro atoms. The third-order valence-corrected chi connectivity index (χ3v) is 3.50. The summed E-state index contributed by atoms with van der Waals surface area (Å²) in [5.41, 5.74) is 3.33. The number of rotatable bonds is 4. The van der Waals surface area contributed by atoms with Crippen LogP contribution < -0.4 is 5.32 Å². The predicted octanol–water partition coefficient (Wildman–Crippen LogP) is 2.67. The molecule has 4 heteroatoms. The summed E-state index contributed by atoms with van der Waals surface area (Å²) < 4.78 is 2.04. The van der Waals surface area contributed by atoms with Gasteiger partial charge in [-0.2, -0.15) is 0 Å². The highest BCUT2D eigenvalue weighted by atomic mass is 15.1. The molecule has 0 saturated carbocycles. The van der Waals surface area contributed by atoms with Gasteiger partial charge >= 0.3 is 0 Å². The Labute approximate surface area is 118 Å². The molecular weight excluding hydrogens is 248 g/mol. The summed E-state index contributed by atoms with van der Waals surface area (Å²) in [5.74, 6) is 0. The number of aromatic nitrogens is 3. The lowest BCUT2D eigenvalue weighted by Crippen LogP contribution is -2.24. The van der Waals surface area contributed by atoms with Crippen LogP contribution >= 0.6 is 0 Å². The van der Waals surface area contributed by atoms with E-state index in [0.717, 1.165) is 28.7 Å². The summed E-state index contributed by atoms with van der Waals surface area (Å²) in [5, 5.41) is 4.67. The maximum Gasteiger partial charge on any atom is 0.0946 e. The van der Waals surface area contributed by atoms with Gasteiger partial charge in [-0.3, -0.25) is 4.98 Å². The number of fused-ring (bicyclic) bond motifs is 1. The van der Waals surface area contributed by atoms with Crippen molar-refractivity contribution in [2.45, 2.75) is 13.0 Å². The highest BCUT2D eigenvalue weighted by Gasteiger charge is 2.16. The Kier molecular flexibility index (Phi) is 3.48. The first kappa shape index (κ1) is 12.8. The molecule has 20 heavy (non-hydrogen) atoms. The number of nitrogens with zero attached hydrogens (tertiary/aromatic N) is 3. The number of hydrogen-bond acceptors (Lipinski definition) is 3. The average Bonchev–Trinajstić information content (AvgIpc) is 2.90. The van der Waals surface area contributed by atoms with E-state index in [0.29, 0.717) is 0 Å².